The summed E-state index contributed by atoms with van der Waals surface area (Å²) in [6.07, 6.45) is -1.47. The molecule has 6 nitrogen and oxygen atoms in total. The summed E-state index contributed by atoms with van der Waals surface area (Å²) in [5.41, 5.74) is 4.40. The van der Waals surface area contributed by atoms with E-state index < -0.39 is 16.6 Å². The van der Waals surface area contributed by atoms with Gasteiger partial charge in [0.25, 0.3) is 10.3 Å². The average Bonchev–Trinajstić information content (AvgIpc) is 1.82. The Balaban J connectivity index is 0. The van der Waals surface area contributed by atoms with E-state index in [2.05, 4.69) is 35.5 Å². The van der Waals surface area contributed by atoms with Crippen molar-refractivity contribution in [2.24, 2.45) is 5.73 Å². The fraction of sp³-hybridized carbons (Fsp3) is 0.500. The van der Waals surface area contributed by atoms with Gasteiger partial charge in [0.15, 0.2) is 6.29 Å². The molecule has 0 radical (unpaired) electrons. The van der Waals surface area contributed by atoms with Gasteiger partial charge in [-0.1, -0.05) is 0 Å². The lowest BCUT2D eigenvalue weighted by molar-refractivity contribution is -0.0346. The van der Waals surface area contributed by atoms with Crippen LogP contribution in [-0.4, -0.2) is 43.6 Å². The average molecular weight is 214 g/mol. The van der Waals surface area contributed by atoms with Crippen LogP contribution >= 0.6 is 24.4 Å². The predicted octanol–water partition coefficient (Wildman–Crippen LogP) is -1.48. The number of nitrogens with one attached hydrogen (secondary N) is 1. The van der Waals surface area contributed by atoms with Crippen LogP contribution in [0.5, 0.6) is 0 Å². The number of hydrogen-bond donors (Lipinski definition) is 6. The highest BCUT2D eigenvalue weighted by atomic mass is 32.1. The van der Waals surface area contributed by atoms with Crippen molar-refractivity contribution < 1.29 is 20.4 Å². The number of thiocarbonyl (C=S) groups is 2. The van der Waals surface area contributed by atoms with E-state index >= 15 is 0 Å². The number of rotatable bonds is 2. The second-order valence-corrected chi connectivity index (χ2v) is 2.31. The summed E-state index contributed by atoms with van der Waals surface area (Å²) in [5, 5.41) is 33.2. The van der Waals surface area contributed by atoms with Crippen molar-refractivity contribution in [1.29, 1.82) is 0 Å². The summed E-state index contributed by atoms with van der Waals surface area (Å²) >= 11 is 8.01. The Hall–Kier alpha value is -0.700. The van der Waals surface area contributed by atoms with Gasteiger partial charge in [-0.25, -0.2) is 0 Å². The Labute approximate surface area is 79.6 Å². The molecule has 0 fully saturated rings. The molecule has 0 saturated carbocycles. The minimum Gasteiger partial charge on any atom is -0.487 e. The summed E-state index contributed by atoms with van der Waals surface area (Å²) < 4.78 is 0. The third-order valence-electron chi connectivity index (χ3n) is 0.436. The van der Waals surface area contributed by atoms with Gasteiger partial charge in [-0.3, -0.25) is 0 Å². The van der Waals surface area contributed by atoms with Crippen LogP contribution in [0.3, 0.4) is 0 Å². The molecule has 0 bridgehead atoms. The Morgan fingerprint density at radius 1 is 1.33 bits per heavy atom. The van der Waals surface area contributed by atoms with Crippen LogP contribution in [0, 0.1) is 0 Å². The number of aliphatic hydroxyl groups is 4. The summed E-state index contributed by atoms with van der Waals surface area (Å²) in [5.74, 6) is 0. The number of nitrogens with two attached hydrogens (primary N) is 1. The van der Waals surface area contributed by atoms with E-state index in [0.29, 0.717) is 0 Å². The van der Waals surface area contributed by atoms with Gasteiger partial charge in [0.05, 0.1) is 6.54 Å². The van der Waals surface area contributed by atoms with E-state index in [0.717, 1.165) is 0 Å². The quantitative estimate of drug-likeness (QED) is 0.243. The first-order valence-corrected chi connectivity index (χ1v) is 3.49. The van der Waals surface area contributed by atoms with E-state index in [4.69, 9.17) is 20.4 Å². The van der Waals surface area contributed by atoms with E-state index in [1.54, 1.807) is 0 Å². The highest BCUT2D eigenvalue weighted by Gasteiger charge is 1.94. The first kappa shape index (κ1) is 13.9. The van der Waals surface area contributed by atoms with Crippen LogP contribution in [0.2, 0.25) is 0 Å². The molecule has 7 N–H and O–H groups in total. The molecule has 0 aliphatic heterocycles. The van der Waals surface area contributed by atoms with Crippen molar-refractivity contribution in [3.05, 3.63) is 0 Å². The number of aliphatic hydroxyl groups excluding tert-OH is 3. The summed E-state index contributed by atoms with van der Waals surface area (Å²) in [4.78, 5) is 0. The first-order valence-electron chi connectivity index (χ1n) is 2.67. The van der Waals surface area contributed by atoms with Crippen molar-refractivity contribution in [1.82, 2.24) is 5.32 Å². The molecular weight excluding hydrogens is 204 g/mol. The van der Waals surface area contributed by atoms with Crippen LogP contribution < -0.4 is 11.1 Å². The molecule has 0 aromatic rings. The summed E-state index contributed by atoms with van der Waals surface area (Å²) in [6.45, 7) is -0.144. The molecule has 0 aliphatic carbocycles. The maximum absolute atomic E-state index is 8.20. The van der Waals surface area contributed by atoms with Crippen molar-refractivity contribution in [3.8, 4) is 0 Å². The lowest BCUT2D eigenvalue weighted by Crippen LogP contribution is -2.30. The van der Waals surface area contributed by atoms with E-state index in [1.807, 2.05) is 0 Å². The first-order chi connectivity index (χ1) is 5.36. The van der Waals surface area contributed by atoms with Gasteiger partial charge in [0.1, 0.15) is 0 Å². The van der Waals surface area contributed by atoms with Crippen molar-refractivity contribution in [2.45, 2.75) is 6.29 Å². The zero-order valence-electron chi connectivity index (χ0n) is 5.97. The van der Waals surface area contributed by atoms with Gasteiger partial charge >= 0.3 is 0 Å². The fourth-order valence-corrected chi connectivity index (χ4v) is 0.262. The van der Waals surface area contributed by atoms with Crippen LogP contribution in [0.25, 0.3) is 0 Å². The maximum atomic E-state index is 8.20. The molecule has 0 aromatic carbocycles. The molecule has 0 atom stereocenters. The van der Waals surface area contributed by atoms with E-state index in [-0.39, 0.29) is 6.54 Å². The summed E-state index contributed by atoms with van der Waals surface area (Å²) in [6, 6.07) is 0. The van der Waals surface area contributed by atoms with E-state index in [1.165, 1.54) is 0 Å². The Bertz CT molecular complexity index is 148. The molecular formula is C4H10N2O4S2. The van der Waals surface area contributed by atoms with Gasteiger partial charge in [0, 0.05) is 0 Å². The van der Waals surface area contributed by atoms with Crippen LogP contribution in [0.4, 0.5) is 0 Å². The van der Waals surface area contributed by atoms with Crippen LogP contribution in [0.15, 0.2) is 0 Å². The minimum atomic E-state index is -1.47. The topological polar surface area (TPSA) is 119 Å². The van der Waals surface area contributed by atoms with Gasteiger partial charge in [-0.2, -0.15) is 0 Å². The molecule has 0 amide bonds. The van der Waals surface area contributed by atoms with Gasteiger partial charge in [0.2, 0.25) is 0 Å². The Morgan fingerprint density at radius 2 is 1.67 bits per heavy atom. The molecule has 0 unspecified atom stereocenters. The molecule has 0 aliphatic rings. The predicted molar refractivity (Wildman–Crippen MR) is 50.9 cm³/mol. The highest BCUT2D eigenvalue weighted by molar-refractivity contribution is 7.80. The molecule has 0 rings (SSSR count). The normalized spacial score (nSPS) is 8.25. The second-order valence-electron chi connectivity index (χ2n) is 1.50. The molecule has 0 heterocycles. The fourth-order valence-electron chi connectivity index (χ4n) is 0.179. The molecule has 72 valence electrons. The second kappa shape index (κ2) is 8.40. The molecule has 8 heteroatoms. The molecule has 0 saturated heterocycles. The maximum Gasteiger partial charge on any atom is 0.254 e. The van der Waals surface area contributed by atoms with Crippen molar-refractivity contribution >= 4 is 34.8 Å². The van der Waals surface area contributed by atoms with Crippen LogP contribution in [-0.2, 0) is 0 Å². The molecule has 0 spiro atoms. The monoisotopic (exact) mass is 214 g/mol. The Morgan fingerprint density at radius 3 is 1.75 bits per heavy atom. The standard InChI is InChI=1S/C3H7NO3S.CH3NOS/c5-2(6)1-4-3(7)8;2-1(3)4/h2,5-6H,1H2,(H2,4,7,8);(H3,2,3,4). The van der Waals surface area contributed by atoms with Gasteiger partial charge in [-0.15, -0.1) is 0 Å². The largest absolute Gasteiger partial charge is 0.487 e. The zero-order valence-corrected chi connectivity index (χ0v) is 7.60. The van der Waals surface area contributed by atoms with Gasteiger partial charge < -0.3 is 31.5 Å². The van der Waals surface area contributed by atoms with Crippen molar-refractivity contribution in [2.75, 3.05) is 6.54 Å². The third kappa shape index (κ3) is 34.6. The lowest BCUT2D eigenvalue weighted by atomic mass is 10.6. The minimum absolute atomic E-state index is 0.144. The Kier molecular flexibility index (Phi) is 9.70. The van der Waals surface area contributed by atoms with Gasteiger partial charge in [-0.05, 0) is 24.4 Å². The lowest BCUT2D eigenvalue weighted by Gasteiger charge is -2.02. The SMILES string of the molecule is NC(O)=S.OC(=S)NCC(O)O. The van der Waals surface area contributed by atoms with Crippen LogP contribution in [0.1, 0.15) is 0 Å². The third-order valence-corrected chi connectivity index (χ3v) is 0.580. The summed E-state index contributed by atoms with van der Waals surface area (Å²) in [7, 11) is 0. The highest BCUT2D eigenvalue weighted by Crippen LogP contribution is 1.69. The zero-order chi connectivity index (χ0) is 10.1. The molecule has 12 heavy (non-hydrogen) atoms. The molecule has 0 aromatic heterocycles. The van der Waals surface area contributed by atoms with E-state index in [9.17, 15) is 0 Å². The smallest absolute Gasteiger partial charge is 0.254 e. The number of hydrogen-bond acceptors (Lipinski definition) is 4. The van der Waals surface area contributed by atoms with Crippen molar-refractivity contribution in [3.63, 3.8) is 0 Å².